The molecule has 0 bridgehead atoms. The molecule has 0 amide bonds. The molecule has 1 fully saturated rings. The van der Waals surface area contributed by atoms with Crippen LogP contribution in [0.4, 0.5) is 4.79 Å². The van der Waals surface area contributed by atoms with Gasteiger partial charge in [0.05, 0.1) is 0 Å². The Kier molecular flexibility index (Phi) is 3.89. The van der Waals surface area contributed by atoms with Gasteiger partial charge in [-0.15, -0.1) is 0 Å². The van der Waals surface area contributed by atoms with Crippen LogP contribution in [0.5, 0.6) is 5.75 Å². The van der Waals surface area contributed by atoms with Crippen LogP contribution in [-0.4, -0.2) is 18.9 Å². The van der Waals surface area contributed by atoms with E-state index < -0.39 is 6.16 Å². The minimum Gasteiger partial charge on any atom is -0.431 e. The molecule has 1 saturated heterocycles. The fraction of sp³-hybridized carbons (Fsp3) is 0.150. The summed E-state index contributed by atoms with van der Waals surface area (Å²) >= 11 is 0. The highest BCUT2D eigenvalue weighted by molar-refractivity contribution is 5.89. The van der Waals surface area contributed by atoms with Gasteiger partial charge in [-0.05, 0) is 17.0 Å². The summed E-state index contributed by atoms with van der Waals surface area (Å²) in [5, 5.41) is 1.89. The van der Waals surface area contributed by atoms with Crippen LogP contribution in [0.3, 0.4) is 0 Å². The van der Waals surface area contributed by atoms with E-state index in [-0.39, 0.29) is 18.8 Å². The van der Waals surface area contributed by atoms with Crippen LogP contribution < -0.4 is 4.74 Å². The Hall–Kier alpha value is -2.85. The first-order chi connectivity index (χ1) is 11.8. The second-order valence-electron chi connectivity index (χ2n) is 5.65. The first-order valence-corrected chi connectivity index (χ1v) is 7.84. The van der Waals surface area contributed by atoms with Crippen LogP contribution in [0.15, 0.2) is 72.8 Å². The Morgan fingerprint density at radius 2 is 1.67 bits per heavy atom. The molecule has 120 valence electrons. The van der Waals surface area contributed by atoms with E-state index >= 15 is 0 Å². The molecule has 2 unspecified atom stereocenters. The number of hydrogen-bond acceptors (Lipinski definition) is 4. The van der Waals surface area contributed by atoms with Gasteiger partial charge in [0.25, 0.3) is 0 Å². The Bertz CT molecular complexity index is 854. The molecule has 4 heteroatoms. The third-order valence-electron chi connectivity index (χ3n) is 4.02. The highest BCUT2D eigenvalue weighted by atomic mass is 16.7. The van der Waals surface area contributed by atoms with Crippen molar-refractivity contribution in [3.63, 3.8) is 0 Å². The standard InChI is InChI=1S/C20H16O4/c21-20(22-13-18-19(23-18)15-8-2-1-3-9-15)24-17-12-6-10-14-7-4-5-11-16(14)17/h1-12,18-19H,13H2. The van der Waals surface area contributed by atoms with Crippen LogP contribution >= 0.6 is 0 Å². The predicted octanol–water partition coefficient (Wildman–Crippen LogP) is 4.50. The van der Waals surface area contributed by atoms with Crippen molar-refractivity contribution in [3.8, 4) is 5.75 Å². The van der Waals surface area contributed by atoms with Crippen LogP contribution in [0.1, 0.15) is 11.7 Å². The van der Waals surface area contributed by atoms with E-state index in [0.29, 0.717) is 5.75 Å². The normalized spacial score (nSPS) is 19.0. The van der Waals surface area contributed by atoms with Gasteiger partial charge < -0.3 is 14.2 Å². The number of carbonyl (C=O) groups excluding carboxylic acids is 1. The molecule has 1 aliphatic rings. The first kappa shape index (κ1) is 14.7. The molecular formula is C20H16O4. The molecule has 0 aromatic heterocycles. The van der Waals surface area contributed by atoms with Crippen LogP contribution in [-0.2, 0) is 9.47 Å². The van der Waals surface area contributed by atoms with Crippen molar-refractivity contribution in [1.29, 1.82) is 0 Å². The Labute approximate surface area is 139 Å². The molecule has 0 spiro atoms. The summed E-state index contributed by atoms with van der Waals surface area (Å²) in [4.78, 5) is 11.9. The number of epoxide rings is 1. The number of carbonyl (C=O) groups is 1. The third kappa shape index (κ3) is 3.09. The van der Waals surface area contributed by atoms with E-state index in [9.17, 15) is 4.79 Å². The predicted molar refractivity (Wildman–Crippen MR) is 90.0 cm³/mol. The topological polar surface area (TPSA) is 48.1 Å². The Morgan fingerprint density at radius 1 is 0.917 bits per heavy atom. The van der Waals surface area contributed by atoms with E-state index in [1.165, 1.54) is 0 Å². The summed E-state index contributed by atoms with van der Waals surface area (Å²) in [6.45, 7) is 0.184. The monoisotopic (exact) mass is 320 g/mol. The Balaban J connectivity index is 1.34. The molecule has 0 saturated carbocycles. The zero-order valence-corrected chi connectivity index (χ0v) is 12.9. The van der Waals surface area contributed by atoms with Gasteiger partial charge in [0.1, 0.15) is 24.6 Å². The van der Waals surface area contributed by atoms with Crippen molar-refractivity contribution in [3.05, 3.63) is 78.4 Å². The van der Waals surface area contributed by atoms with Gasteiger partial charge in [0.2, 0.25) is 0 Å². The molecule has 4 rings (SSSR count). The summed E-state index contributed by atoms with van der Waals surface area (Å²) in [5.41, 5.74) is 1.09. The van der Waals surface area contributed by atoms with E-state index in [4.69, 9.17) is 14.2 Å². The quantitative estimate of drug-likeness (QED) is 0.403. The largest absolute Gasteiger partial charge is 0.513 e. The Morgan fingerprint density at radius 3 is 2.54 bits per heavy atom. The molecule has 0 N–H and O–H groups in total. The van der Waals surface area contributed by atoms with Crippen molar-refractivity contribution in [2.24, 2.45) is 0 Å². The summed E-state index contributed by atoms with van der Waals surface area (Å²) in [5.74, 6) is 0.495. The average molecular weight is 320 g/mol. The molecule has 0 radical (unpaired) electrons. The SMILES string of the molecule is O=C(OCC1OC1c1ccccc1)Oc1cccc2ccccc12. The average Bonchev–Trinajstić information content (AvgIpc) is 3.41. The fourth-order valence-electron chi connectivity index (χ4n) is 2.76. The maximum atomic E-state index is 11.9. The lowest BCUT2D eigenvalue weighted by molar-refractivity contribution is 0.0924. The lowest BCUT2D eigenvalue weighted by atomic mass is 10.1. The zero-order valence-electron chi connectivity index (χ0n) is 12.9. The number of fused-ring (bicyclic) bond motifs is 1. The van der Waals surface area contributed by atoms with E-state index in [0.717, 1.165) is 16.3 Å². The minimum absolute atomic E-state index is 0.00319. The number of rotatable bonds is 4. The zero-order chi connectivity index (χ0) is 16.4. The molecule has 24 heavy (non-hydrogen) atoms. The number of hydrogen-bond donors (Lipinski definition) is 0. The van der Waals surface area contributed by atoms with E-state index in [1.807, 2.05) is 66.7 Å². The summed E-state index contributed by atoms with van der Waals surface area (Å²) in [7, 11) is 0. The van der Waals surface area contributed by atoms with Crippen molar-refractivity contribution in [2.75, 3.05) is 6.61 Å². The smallest absolute Gasteiger partial charge is 0.431 e. The van der Waals surface area contributed by atoms with Crippen molar-refractivity contribution in [2.45, 2.75) is 12.2 Å². The van der Waals surface area contributed by atoms with Gasteiger partial charge in [0.15, 0.2) is 0 Å². The molecular weight excluding hydrogens is 304 g/mol. The van der Waals surface area contributed by atoms with Crippen molar-refractivity contribution in [1.82, 2.24) is 0 Å². The van der Waals surface area contributed by atoms with Gasteiger partial charge >= 0.3 is 6.16 Å². The molecule has 2 atom stereocenters. The second kappa shape index (κ2) is 6.34. The first-order valence-electron chi connectivity index (χ1n) is 7.84. The summed E-state index contributed by atoms with van der Waals surface area (Å²) in [6, 6.07) is 23.2. The fourth-order valence-corrected chi connectivity index (χ4v) is 2.76. The van der Waals surface area contributed by atoms with Crippen LogP contribution in [0.2, 0.25) is 0 Å². The number of benzene rings is 3. The second-order valence-corrected chi connectivity index (χ2v) is 5.65. The van der Waals surface area contributed by atoms with E-state index in [1.54, 1.807) is 6.07 Å². The van der Waals surface area contributed by atoms with Gasteiger partial charge in [0, 0.05) is 5.39 Å². The van der Waals surface area contributed by atoms with Gasteiger partial charge in [-0.3, -0.25) is 0 Å². The number of ether oxygens (including phenoxy) is 3. The third-order valence-corrected chi connectivity index (χ3v) is 4.02. The lowest BCUT2D eigenvalue weighted by Crippen LogP contribution is -2.14. The molecule has 3 aromatic carbocycles. The summed E-state index contributed by atoms with van der Waals surface area (Å²) < 4.78 is 16.1. The molecule has 1 aliphatic heterocycles. The van der Waals surface area contributed by atoms with Crippen molar-refractivity contribution >= 4 is 16.9 Å². The lowest BCUT2D eigenvalue weighted by Gasteiger charge is -2.07. The van der Waals surface area contributed by atoms with E-state index in [2.05, 4.69) is 0 Å². The molecule has 1 heterocycles. The summed E-state index contributed by atoms with van der Waals surface area (Å²) in [6.07, 6.45) is -0.822. The van der Waals surface area contributed by atoms with Gasteiger partial charge in [-0.1, -0.05) is 66.7 Å². The highest BCUT2D eigenvalue weighted by Crippen LogP contribution is 2.38. The maximum absolute atomic E-state index is 11.9. The highest BCUT2D eigenvalue weighted by Gasteiger charge is 2.41. The molecule has 4 nitrogen and oxygen atoms in total. The van der Waals surface area contributed by atoms with Crippen molar-refractivity contribution < 1.29 is 19.0 Å². The molecule has 3 aromatic rings. The van der Waals surface area contributed by atoms with Crippen LogP contribution in [0.25, 0.3) is 10.8 Å². The molecule has 0 aliphatic carbocycles. The minimum atomic E-state index is -0.714. The van der Waals surface area contributed by atoms with Gasteiger partial charge in [-0.2, -0.15) is 0 Å². The van der Waals surface area contributed by atoms with Crippen LogP contribution in [0, 0.1) is 0 Å². The maximum Gasteiger partial charge on any atom is 0.513 e. The van der Waals surface area contributed by atoms with Gasteiger partial charge in [-0.25, -0.2) is 4.79 Å².